The molecule has 1 aliphatic rings. The number of ether oxygens (including phenoxy) is 1. The van der Waals surface area contributed by atoms with Crippen LogP contribution >= 0.6 is 0 Å². The highest BCUT2D eigenvalue weighted by Crippen LogP contribution is 2.21. The Morgan fingerprint density at radius 1 is 1.64 bits per heavy atom. The molecule has 0 bridgehead atoms. The largest absolute Gasteiger partial charge is 0.463 e. The summed E-state index contributed by atoms with van der Waals surface area (Å²) in [6, 6.07) is 0.350. The predicted octanol–water partition coefficient (Wildman–Crippen LogP) is 0.232. The molecule has 0 spiro atoms. The normalized spacial score (nSPS) is 24.4. The van der Waals surface area contributed by atoms with E-state index in [2.05, 4.69) is 31.0 Å². The van der Waals surface area contributed by atoms with E-state index in [0.29, 0.717) is 19.2 Å². The van der Waals surface area contributed by atoms with Crippen molar-refractivity contribution in [3.05, 3.63) is 0 Å². The first kappa shape index (κ1) is 11.5. The average molecular weight is 200 g/mol. The highest BCUT2D eigenvalue weighted by molar-refractivity contribution is 5.72. The Hall–Kier alpha value is -0.610. The van der Waals surface area contributed by atoms with Crippen molar-refractivity contribution < 1.29 is 9.53 Å². The van der Waals surface area contributed by atoms with E-state index in [0.717, 1.165) is 6.54 Å². The molecular formula is C10H20N2O2. The molecule has 1 saturated heterocycles. The number of carbonyl (C=O) groups is 1. The molecule has 0 aromatic heterocycles. The van der Waals surface area contributed by atoms with Crippen LogP contribution in [0.25, 0.3) is 0 Å². The van der Waals surface area contributed by atoms with Crippen LogP contribution in [0.1, 0.15) is 20.8 Å². The van der Waals surface area contributed by atoms with Crippen molar-refractivity contribution in [2.24, 2.45) is 0 Å². The number of hydrogen-bond donors (Lipinski definition) is 1. The van der Waals surface area contributed by atoms with Crippen molar-refractivity contribution >= 4 is 5.97 Å². The van der Waals surface area contributed by atoms with Gasteiger partial charge in [-0.05, 0) is 27.8 Å². The first-order chi connectivity index (χ1) is 6.47. The molecule has 0 amide bonds. The zero-order chi connectivity index (χ0) is 10.8. The first-order valence-electron chi connectivity index (χ1n) is 5.04. The van der Waals surface area contributed by atoms with Gasteiger partial charge in [-0.15, -0.1) is 0 Å². The first-order valence-corrected chi connectivity index (χ1v) is 5.04. The molecule has 0 aliphatic carbocycles. The van der Waals surface area contributed by atoms with Gasteiger partial charge in [0.25, 0.3) is 0 Å². The Morgan fingerprint density at radius 3 is 2.86 bits per heavy atom. The Morgan fingerprint density at radius 2 is 2.29 bits per heavy atom. The summed E-state index contributed by atoms with van der Waals surface area (Å²) in [5.74, 6) is -0.118. The maximum Gasteiger partial charge on any atom is 0.320 e. The quantitative estimate of drug-likeness (QED) is 0.662. The molecule has 1 heterocycles. The van der Waals surface area contributed by atoms with Crippen molar-refractivity contribution in [2.75, 3.05) is 26.7 Å². The van der Waals surface area contributed by atoms with Crippen LogP contribution in [-0.4, -0.2) is 49.2 Å². The molecular weight excluding hydrogens is 180 g/mol. The molecule has 1 rings (SSSR count). The molecule has 0 saturated carbocycles. The van der Waals surface area contributed by atoms with Crippen LogP contribution in [-0.2, 0) is 9.53 Å². The zero-order valence-electron chi connectivity index (χ0n) is 9.46. The van der Waals surface area contributed by atoms with E-state index < -0.39 is 0 Å². The van der Waals surface area contributed by atoms with Gasteiger partial charge in [-0.25, -0.2) is 0 Å². The molecule has 4 nitrogen and oxygen atoms in total. The van der Waals surface area contributed by atoms with Gasteiger partial charge in [-0.1, -0.05) is 0 Å². The topological polar surface area (TPSA) is 41.6 Å². The van der Waals surface area contributed by atoms with Crippen LogP contribution in [0.5, 0.6) is 0 Å². The summed E-state index contributed by atoms with van der Waals surface area (Å²) in [6.45, 7) is 8.10. The van der Waals surface area contributed by atoms with Crippen molar-refractivity contribution in [1.82, 2.24) is 10.2 Å². The van der Waals surface area contributed by atoms with Crippen molar-refractivity contribution in [3.63, 3.8) is 0 Å². The van der Waals surface area contributed by atoms with E-state index in [1.807, 2.05) is 7.05 Å². The molecule has 1 N–H and O–H groups in total. The number of rotatable bonds is 3. The summed E-state index contributed by atoms with van der Waals surface area (Å²) in [6.07, 6.45) is 0. The molecule has 82 valence electrons. The number of carbonyl (C=O) groups excluding carboxylic acids is 1. The second kappa shape index (κ2) is 4.28. The van der Waals surface area contributed by atoms with E-state index in [9.17, 15) is 4.79 Å². The third kappa shape index (κ3) is 2.45. The summed E-state index contributed by atoms with van der Waals surface area (Å²) in [7, 11) is 1.92. The van der Waals surface area contributed by atoms with Gasteiger partial charge in [-0.3, -0.25) is 9.69 Å². The number of cyclic esters (lactones) is 1. The second-order valence-electron chi connectivity index (χ2n) is 4.51. The fourth-order valence-electron chi connectivity index (χ4n) is 1.90. The lowest BCUT2D eigenvalue weighted by molar-refractivity contribution is -0.162. The second-order valence-corrected chi connectivity index (χ2v) is 4.51. The van der Waals surface area contributed by atoms with Gasteiger partial charge >= 0.3 is 5.97 Å². The van der Waals surface area contributed by atoms with Crippen LogP contribution in [0.3, 0.4) is 0 Å². The maximum atomic E-state index is 11.2. The monoisotopic (exact) mass is 200 g/mol. The lowest BCUT2D eigenvalue weighted by Gasteiger charge is -2.44. The van der Waals surface area contributed by atoms with Crippen molar-refractivity contribution in [2.45, 2.75) is 32.4 Å². The number of nitrogens with zero attached hydrogens (tertiary/aromatic N) is 1. The van der Waals surface area contributed by atoms with Gasteiger partial charge < -0.3 is 10.1 Å². The molecule has 1 fully saturated rings. The van der Waals surface area contributed by atoms with Crippen LogP contribution < -0.4 is 5.32 Å². The molecule has 0 aromatic rings. The Balaban J connectivity index is 2.66. The highest BCUT2D eigenvalue weighted by atomic mass is 16.5. The van der Waals surface area contributed by atoms with Gasteiger partial charge in [0.1, 0.15) is 6.61 Å². The molecule has 1 atom stereocenters. The standard InChI is InChI=1S/C10H20N2O2/c1-8(5-11-4)12-6-9(13)14-7-10(12,2)3/h8,11H,5-7H2,1-4H3. The average Bonchev–Trinajstić information content (AvgIpc) is 2.10. The van der Waals surface area contributed by atoms with Crippen molar-refractivity contribution in [3.8, 4) is 0 Å². The summed E-state index contributed by atoms with van der Waals surface area (Å²) in [5, 5.41) is 3.12. The van der Waals surface area contributed by atoms with Gasteiger partial charge in [-0.2, -0.15) is 0 Å². The summed E-state index contributed by atoms with van der Waals surface area (Å²) < 4.78 is 5.05. The Kier molecular flexibility index (Phi) is 3.50. The van der Waals surface area contributed by atoms with E-state index >= 15 is 0 Å². The van der Waals surface area contributed by atoms with Crippen molar-refractivity contribution in [1.29, 1.82) is 0 Å². The number of esters is 1. The zero-order valence-corrected chi connectivity index (χ0v) is 9.46. The van der Waals surface area contributed by atoms with E-state index in [1.165, 1.54) is 0 Å². The molecule has 1 unspecified atom stereocenters. The smallest absolute Gasteiger partial charge is 0.320 e. The minimum Gasteiger partial charge on any atom is -0.463 e. The highest BCUT2D eigenvalue weighted by Gasteiger charge is 2.37. The molecule has 14 heavy (non-hydrogen) atoms. The lowest BCUT2D eigenvalue weighted by atomic mass is 10.00. The fraction of sp³-hybridized carbons (Fsp3) is 0.900. The minimum atomic E-state index is -0.118. The number of morpholine rings is 1. The van der Waals surface area contributed by atoms with Gasteiger partial charge in [0.05, 0.1) is 12.1 Å². The van der Waals surface area contributed by atoms with Gasteiger partial charge in [0, 0.05) is 12.6 Å². The summed E-state index contributed by atoms with van der Waals surface area (Å²) in [4.78, 5) is 13.4. The summed E-state index contributed by atoms with van der Waals surface area (Å²) in [5.41, 5.74) is -0.0514. The third-order valence-corrected chi connectivity index (χ3v) is 2.69. The van der Waals surface area contributed by atoms with Gasteiger partial charge in [0.15, 0.2) is 0 Å². The van der Waals surface area contributed by atoms with E-state index in [1.54, 1.807) is 0 Å². The molecule has 0 aromatic carbocycles. The maximum absolute atomic E-state index is 11.2. The van der Waals surface area contributed by atoms with E-state index in [4.69, 9.17) is 4.74 Å². The Labute approximate surface area is 85.6 Å². The molecule has 0 radical (unpaired) electrons. The van der Waals surface area contributed by atoms with Crippen LogP contribution in [0, 0.1) is 0 Å². The Bertz CT molecular complexity index is 216. The predicted molar refractivity (Wildman–Crippen MR) is 55.1 cm³/mol. The SMILES string of the molecule is CNCC(C)N1CC(=O)OCC1(C)C. The third-order valence-electron chi connectivity index (χ3n) is 2.69. The lowest BCUT2D eigenvalue weighted by Crippen LogP contribution is -2.59. The van der Waals surface area contributed by atoms with Crippen LogP contribution in [0.2, 0.25) is 0 Å². The molecule has 4 heteroatoms. The number of nitrogens with one attached hydrogen (secondary N) is 1. The van der Waals surface area contributed by atoms with Crippen LogP contribution in [0.15, 0.2) is 0 Å². The molecule has 1 aliphatic heterocycles. The van der Waals surface area contributed by atoms with Gasteiger partial charge in [0.2, 0.25) is 0 Å². The van der Waals surface area contributed by atoms with Crippen LogP contribution in [0.4, 0.5) is 0 Å². The fourth-order valence-corrected chi connectivity index (χ4v) is 1.90. The number of hydrogen-bond acceptors (Lipinski definition) is 4. The van der Waals surface area contributed by atoms with E-state index in [-0.39, 0.29) is 11.5 Å². The summed E-state index contributed by atoms with van der Waals surface area (Å²) >= 11 is 0. The minimum absolute atomic E-state index is 0.0514. The number of likely N-dealkylation sites (N-methyl/N-ethyl adjacent to an activating group) is 1.